The van der Waals surface area contributed by atoms with Crippen LogP contribution in [0.1, 0.15) is 80.1 Å². The number of rotatable bonds is 7. The number of nitrogens with one attached hydrogen (secondary N) is 1. The quantitative estimate of drug-likeness (QED) is 0.285. The summed E-state index contributed by atoms with van der Waals surface area (Å²) < 4.78 is 0. The van der Waals surface area contributed by atoms with Gasteiger partial charge in [-0.1, -0.05) is 66.5 Å². The maximum absolute atomic E-state index is 11.8. The van der Waals surface area contributed by atoms with Gasteiger partial charge >= 0.3 is 0 Å². The minimum absolute atomic E-state index is 0. The van der Waals surface area contributed by atoms with Crippen LogP contribution in [0.4, 0.5) is 0 Å². The number of hydrogen-bond acceptors (Lipinski definition) is 2. The smallest absolute Gasteiger partial charge is 0.220 e. The Hall–Kier alpha value is -0.0161. The summed E-state index contributed by atoms with van der Waals surface area (Å²) in [7, 11) is 0. The molecule has 0 heterocycles. The van der Waals surface area contributed by atoms with E-state index in [0.717, 1.165) is 38.1 Å². The van der Waals surface area contributed by atoms with Crippen molar-refractivity contribution < 1.29 is 42.3 Å². The molecule has 2 rings (SSSR count). The topological polar surface area (TPSA) is 46.2 Å². The van der Waals surface area contributed by atoms with Crippen LogP contribution in [0.5, 0.6) is 0 Å². The van der Waals surface area contributed by atoms with E-state index in [-0.39, 0.29) is 61.1 Å². The summed E-state index contributed by atoms with van der Waals surface area (Å²) in [6.07, 6.45) is 10.6. The first-order valence-electron chi connectivity index (χ1n) is 10.9. The van der Waals surface area contributed by atoms with Crippen molar-refractivity contribution in [2.75, 3.05) is 6.54 Å². The number of hydrogen-bond donors (Lipinski definition) is 1. The SMILES string of the molecule is [CH2-]C(CC(C)(C)C)C(=O)C(C)(C)C.[CH2-]CCCNC(=O)CC1CC2C=CC1C2.[Y]. The Morgan fingerprint density at radius 1 is 1.10 bits per heavy atom. The standard InChI is InChI=1S/C13H20NO.C12H23O.Y/c1-2-3-6-14-13(15)9-12-8-10-4-5-11(12)7-10;1-9(8-11(2,3)4)10(13)12(5,6)7;/h4-5,10-12H,1-3,6-9H2,(H,14,15);9H,1,8H2,2-7H3;/q2*-1;. The molecule has 1 N–H and O–H groups in total. The van der Waals surface area contributed by atoms with Crippen molar-refractivity contribution in [3.05, 3.63) is 26.0 Å². The number of ketones is 1. The summed E-state index contributed by atoms with van der Waals surface area (Å²) in [4.78, 5) is 23.4. The molecule has 1 amide bonds. The average Bonchev–Trinajstić information content (AvgIpc) is 3.15. The zero-order valence-electron chi connectivity index (χ0n) is 19.7. The van der Waals surface area contributed by atoms with Gasteiger partial charge in [-0.2, -0.15) is 6.42 Å². The van der Waals surface area contributed by atoms with Crippen LogP contribution in [-0.4, -0.2) is 18.2 Å². The molecule has 29 heavy (non-hydrogen) atoms. The van der Waals surface area contributed by atoms with Gasteiger partial charge in [0.15, 0.2) is 0 Å². The van der Waals surface area contributed by atoms with Crippen LogP contribution < -0.4 is 5.32 Å². The summed E-state index contributed by atoms with van der Waals surface area (Å²) in [6.45, 7) is 20.8. The molecule has 0 saturated heterocycles. The van der Waals surface area contributed by atoms with Gasteiger partial charge in [-0.25, -0.2) is 0 Å². The van der Waals surface area contributed by atoms with E-state index in [2.05, 4.69) is 52.1 Å². The van der Waals surface area contributed by atoms with Gasteiger partial charge in [0, 0.05) is 51.1 Å². The second-order valence-corrected chi connectivity index (χ2v) is 10.9. The van der Waals surface area contributed by atoms with Crippen molar-refractivity contribution in [1.29, 1.82) is 0 Å². The molecule has 165 valence electrons. The minimum atomic E-state index is -0.252. The third-order valence-electron chi connectivity index (χ3n) is 5.58. The van der Waals surface area contributed by atoms with E-state index < -0.39 is 0 Å². The molecule has 4 unspecified atom stereocenters. The fourth-order valence-corrected chi connectivity index (χ4v) is 4.24. The summed E-state index contributed by atoms with van der Waals surface area (Å²) in [6, 6.07) is 0. The second kappa shape index (κ2) is 12.7. The summed E-state index contributed by atoms with van der Waals surface area (Å²) >= 11 is 0. The normalized spacial score (nSPS) is 23.7. The van der Waals surface area contributed by atoms with Crippen molar-refractivity contribution in [3.8, 4) is 0 Å². The van der Waals surface area contributed by atoms with Crippen molar-refractivity contribution in [3.63, 3.8) is 0 Å². The van der Waals surface area contributed by atoms with E-state index in [9.17, 15) is 9.59 Å². The van der Waals surface area contributed by atoms with E-state index in [1.807, 2.05) is 20.8 Å². The largest absolute Gasteiger partial charge is 0.356 e. The second-order valence-electron chi connectivity index (χ2n) is 10.9. The first-order chi connectivity index (χ1) is 12.8. The third-order valence-corrected chi connectivity index (χ3v) is 5.58. The number of fused-ring (bicyclic) bond motifs is 2. The van der Waals surface area contributed by atoms with Gasteiger partial charge in [0.2, 0.25) is 5.91 Å². The van der Waals surface area contributed by atoms with Crippen molar-refractivity contribution in [1.82, 2.24) is 5.32 Å². The van der Waals surface area contributed by atoms with Crippen LogP contribution in [0.15, 0.2) is 12.2 Å². The molecule has 2 aliphatic rings. The van der Waals surface area contributed by atoms with Gasteiger partial charge in [0.25, 0.3) is 0 Å². The summed E-state index contributed by atoms with van der Waals surface area (Å²) in [5, 5.41) is 2.97. The van der Waals surface area contributed by atoms with Crippen molar-refractivity contribution in [2.24, 2.45) is 34.5 Å². The molecule has 0 aromatic carbocycles. The Bertz CT molecular complexity index is 542. The zero-order valence-corrected chi connectivity index (χ0v) is 22.6. The maximum Gasteiger partial charge on any atom is 0.220 e. The Balaban J connectivity index is 0.000000530. The Kier molecular flexibility index (Phi) is 12.7. The molecular weight excluding hydrogens is 435 g/mol. The molecule has 1 fully saturated rings. The molecule has 2 aliphatic carbocycles. The van der Waals surface area contributed by atoms with E-state index in [4.69, 9.17) is 0 Å². The van der Waals surface area contributed by atoms with Crippen LogP contribution in [0.3, 0.4) is 0 Å². The predicted molar refractivity (Wildman–Crippen MR) is 118 cm³/mol. The zero-order chi connectivity index (χ0) is 21.5. The van der Waals surface area contributed by atoms with Crippen LogP contribution >= 0.6 is 0 Å². The number of allylic oxidation sites excluding steroid dienone is 2. The number of unbranched alkanes of at least 4 members (excludes halogenated alkanes) is 1. The molecule has 1 saturated carbocycles. The molecule has 2 bridgehead atoms. The van der Waals surface area contributed by atoms with E-state index in [0.29, 0.717) is 11.8 Å². The third kappa shape index (κ3) is 11.2. The Labute approximate surface area is 205 Å². The average molecular weight is 479 g/mol. The molecular formula is C25H43NO2Y-2. The fraction of sp³-hybridized carbons (Fsp3) is 0.760. The molecule has 4 atom stereocenters. The molecule has 0 spiro atoms. The molecule has 3 nitrogen and oxygen atoms in total. The first-order valence-corrected chi connectivity index (χ1v) is 10.9. The number of Topliss-reactive ketones (excluding diaryl/α,β-unsaturated/α-hetero) is 1. The fourth-order valence-electron chi connectivity index (χ4n) is 4.24. The molecule has 0 aromatic rings. The maximum atomic E-state index is 11.8. The predicted octanol–water partition coefficient (Wildman–Crippen LogP) is 5.80. The van der Waals surface area contributed by atoms with Gasteiger partial charge in [0.05, 0.1) is 0 Å². The van der Waals surface area contributed by atoms with Crippen LogP contribution in [0.2, 0.25) is 0 Å². The number of carbonyl (C=O) groups is 2. The van der Waals surface area contributed by atoms with Gasteiger partial charge in [-0.3, -0.25) is 4.79 Å². The van der Waals surface area contributed by atoms with Gasteiger partial charge < -0.3 is 24.0 Å². The molecule has 1 radical (unpaired) electrons. The van der Waals surface area contributed by atoms with E-state index >= 15 is 0 Å². The van der Waals surface area contributed by atoms with E-state index in [1.165, 1.54) is 12.8 Å². The van der Waals surface area contributed by atoms with Crippen LogP contribution in [0, 0.1) is 48.3 Å². The molecule has 4 heteroatoms. The van der Waals surface area contributed by atoms with Crippen LogP contribution in [0.25, 0.3) is 0 Å². The minimum Gasteiger partial charge on any atom is -0.356 e. The van der Waals surface area contributed by atoms with Crippen molar-refractivity contribution >= 4 is 11.7 Å². The monoisotopic (exact) mass is 478 g/mol. The van der Waals surface area contributed by atoms with Gasteiger partial charge in [-0.05, 0) is 36.0 Å². The number of carbonyl (C=O) groups excluding carboxylic acids is 2. The van der Waals surface area contributed by atoms with Crippen LogP contribution in [-0.2, 0) is 42.3 Å². The van der Waals surface area contributed by atoms with Crippen molar-refractivity contribution in [2.45, 2.75) is 80.1 Å². The van der Waals surface area contributed by atoms with E-state index in [1.54, 1.807) is 0 Å². The first kappa shape index (κ1) is 29.0. The molecule has 0 aliphatic heterocycles. The van der Waals surface area contributed by atoms with Gasteiger partial charge in [0.1, 0.15) is 5.78 Å². The summed E-state index contributed by atoms with van der Waals surface area (Å²) in [5.41, 5.74) is -0.0645. The Morgan fingerprint density at radius 2 is 1.72 bits per heavy atom. The molecule has 0 aromatic heterocycles. The number of amides is 1. The van der Waals surface area contributed by atoms with Gasteiger partial charge in [-0.15, -0.1) is 5.92 Å². The summed E-state index contributed by atoms with van der Waals surface area (Å²) in [5.74, 6) is 2.50. The Morgan fingerprint density at radius 3 is 2.14 bits per heavy atom.